The molecule has 1 saturated carbocycles. The first kappa shape index (κ1) is 13.9. The highest BCUT2D eigenvalue weighted by Gasteiger charge is 2.22. The number of hydrogen-bond acceptors (Lipinski definition) is 3. The number of aromatic nitrogens is 2. The number of benzene rings is 1. The van der Waals surface area contributed by atoms with Crippen molar-refractivity contribution in [2.75, 3.05) is 11.9 Å². The number of carbonyl (C=O) groups is 1. The van der Waals surface area contributed by atoms with Crippen molar-refractivity contribution in [3.8, 4) is 5.88 Å². The van der Waals surface area contributed by atoms with E-state index in [4.69, 9.17) is 4.74 Å². The first-order chi connectivity index (χ1) is 10.2. The normalized spacial score (nSPS) is 15.5. The molecule has 0 bridgehead atoms. The topological polar surface area (TPSA) is 56.1 Å². The minimum atomic E-state index is 0.133. The van der Waals surface area contributed by atoms with Crippen molar-refractivity contribution in [3.63, 3.8) is 0 Å². The summed E-state index contributed by atoms with van der Waals surface area (Å²) in [5.74, 6) is 0.918. The smallest absolute Gasteiger partial charge is 0.240 e. The fraction of sp³-hybridized carbons (Fsp3) is 0.500. The van der Waals surface area contributed by atoms with Crippen molar-refractivity contribution >= 4 is 22.5 Å². The molecule has 3 rings (SSSR count). The average Bonchev–Trinajstić information content (AvgIpc) is 3.09. The van der Waals surface area contributed by atoms with Gasteiger partial charge in [0, 0.05) is 18.7 Å². The molecule has 112 valence electrons. The molecule has 5 nitrogen and oxygen atoms in total. The van der Waals surface area contributed by atoms with Crippen LogP contribution < -0.4 is 10.1 Å². The summed E-state index contributed by atoms with van der Waals surface area (Å²) in [4.78, 5) is 12.2. The standard InChI is InChI=1S/C16H21N3O2/c1-3-21-16-13-10-12(8-9-14(13)19(2)18-16)17-15(20)11-6-4-5-7-11/h8-11H,3-7H2,1-2H3,(H,17,20). The molecule has 0 radical (unpaired) electrons. The zero-order valence-corrected chi connectivity index (χ0v) is 12.6. The quantitative estimate of drug-likeness (QED) is 0.940. The number of anilines is 1. The molecule has 1 aliphatic rings. The van der Waals surface area contributed by atoms with Gasteiger partial charge in [-0.05, 0) is 38.0 Å². The second-order valence-corrected chi connectivity index (χ2v) is 5.56. The lowest BCUT2D eigenvalue weighted by molar-refractivity contribution is -0.119. The number of amides is 1. The molecule has 0 spiro atoms. The summed E-state index contributed by atoms with van der Waals surface area (Å²) in [6.07, 6.45) is 4.33. The molecule has 5 heteroatoms. The third-order valence-electron chi connectivity index (χ3n) is 4.09. The highest BCUT2D eigenvalue weighted by atomic mass is 16.5. The Balaban J connectivity index is 1.85. The van der Waals surface area contributed by atoms with Crippen LogP contribution in [-0.2, 0) is 11.8 Å². The maximum Gasteiger partial charge on any atom is 0.240 e. The van der Waals surface area contributed by atoms with Crippen LogP contribution in [0.15, 0.2) is 18.2 Å². The number of fused-ring (bicyclic) bond motifs is 1. The molecule has 0 aliphatic heterocycles. The molecule has 1 aromatic carbocycles. The first-order valence-electron chi connectivity index (χ1n) is 7.59. The van der Waals surface area contributed by atoms with Crippen LogP contribution >= 0.6 is 0 Å². The van der Waals surface area contributed by atoms with Crippen LogP contribution in [-0.4, -0.2) is 22.3 Å². The predicted molar refractivity (Wildman–Crippen MR) is 82.5 cm³/mol. The van der Waals surface area contributed by atoms with Gasteiger partial charge in [-0.2, -0.15) is 0 Å². The SMILES string of the molecule is CCOc1nn(C)c2ccc(NC(=O)C3CCCC3)cc12. The van der Waals surface area contributed by atoms with Gasteiger partial charge in [-0.3, -0.25) is 9.48 Å². The third-order valence-corrected chi connectivity index (χ3v) is 4.09. The fourth-order valence-electron chi connectivity index (χ4n) is 2.99. The molecule has 1 amide bonds. The minimum Gasteiger partial charge on any atom is -0.476 e. The number of aryl methyl sites for hydroxylation is 1. The molecule has 0 atom stereocenters. The summed E-state index contributed by atoms with van der Waals surface area (Å²) >= 11 is 0. The molecule has 0 unspecified atom stereocenters. The molecule has 1 N–H and O–H groups in total. The van der Waals surface area contributed by atoms with E-state index >= 15 is 0 Å². The van der Waals surface area contributed by atoms with Gasteiger partial charge in [0.15, 0.2) is 0 Å². The van der Waals surface area contributed by atoms with Crippen LogP contribution in [0, 0.1) is 5.92 Å². The maximum absolute atomic E-state index is 12.2. The molecule has 2 aromatic rings. The van der Waals surface area contributed by atoms with E-state index in [9.17, 15) is 4.79 Å². The van der Waals surface area contributed by atoms with Gasteiger partial charge in [0.25, 0.3) is 0 Å². The van der Waals surface area contributed by atoms with E-state index in [1.807, 2.05) is 32.2 Å². The number of ether oxygens (including phenoxy) is 1. The summed E-state index contributed by atoms with van der Waals surface area (Å²) in [6.45, 7) is 2.51. The van der Waals surface area contributed by atoms with Gasteiger partial charge in [0.2, 0.25) is 11.8 Å². The summed E-state index contributed by atoms with van der Waals surface area (Å²) in [5.41, 5.74) is 1.81. The highest BCUT2D eigenvalue weighted by Crippen LogP contribution is 2.29. The zero-order valence-electron chi connectivity index (χ0n) is 12.6. The van der Waals surface area contributed by atoms with Crippen molar-refractivity contribution in [1.82, 2.24) is 9.78 Å². The van der Waals surface area contributed by atoms with Gasteiger partial charge in [0.05, 0.1) is 17.5 Å². The van der Waals surface area contributed by atoms with Gasteiger partial charge in [0.1, 0.15) is 0 Å². The van der Waals surface area contributed by atoms with Gasteiger partial charge in [-0.1, -0.05) is 12.8 Å². The second-order valence-electron chi connectivity index (χ2n) is 5.56. The fourth-order valence-corrected chi connectivity index (χ4v) is 2.99. The molecule has 0 saturated heterocycles. The maximum atomic E-state index is 12.2. The molecular weight excluding hydrogens is 266 g/mol. The Morgan fingerprint density at radius 1 is 1.43 bits per heavy atom. The second kappa shape index (κ2) is 5.76. The number of nitrogens with one attached hydrogen (secondary N) is 1. The van der Waals surface area contributed by atoms with E-state index in [-0.39, 0.29) is 11.8 Å². The molecule has 1 aliphatic carbocycles. The minimum absolute atomic E-state index is 0.133. The number of hydrogen-bond donors (Lipinski definition) is 1. The Labute approximate surface area is 124 Å². The van der Waals surface area contributed by atoms with Crippen LogP contribution in [0.2, 0.25) is 0 Å². The summed E-state index contributed by atoms with van der Waals surface area (Å²) in [5, 5.41) is 8.32. The Morgan fingerprint density at radius 2 is 2.19 bits per heavy atom. The molecule has 1 fully saturated rings. The third kappa shape index (κ3) is 2.73. The monoisotopic (exact) mass is 287 g/mol. The number of carbonyl (C=O) groups excluding carboxylic acids is 1. The van der Waals surface area contributed by atoms with Crippen molar-refractivity contribution in [1.29, 1.82) is 0 Å². The van der Waals surface area contributed by atoms with E-state index in [2.05, 4.69) is 10.4 Å². The van der Waals surface area contributed by atoms with E-state index in [1.165, 1.54) is 0 Å². The molecule has 1 aromatic heterocycles. The molecular formula is C16H21N3O2. The van der Waals surface area contributed by atoms with E-state index < -0.39 is 0 Å². The first-order valence-corrected chi connectivity index (χ1v) is 7.59. The van der Waals surface area contributed by atoms with Crippen molar-refractivity contribution in [2.24, 2.45) is 13.0 Å². The zero-order chi connectivity index (χ0) is 14.8. The Bertz CT molecular complexity index is 657. The lowest BCUT2D eigenvalue weighted by Gasteiger charge is -2.10. The molecule has 21 heavy (non-hydrogen) atoms. The van der Waals surface area contributed by atoms with Crippen molar-refractivity contribution in [2.45, 2.75) is 32.6 Å². The summed E-state index contributed by atoms with van der Waals surface area (Å²) < 4.78 is 7.35. The summed E-state index contributed by atoms with van der Waals surface area (Å²) in [6, 6.07) is 5.84. The van der Waals surface area contributed by atoms with E-state index in [1.54, 1.807) is 4.68 Å². The van der Waals surface area contributed by atoms with E-state index in [0.29, 0.717) is 12.5 Å². The highest BCUT2D eigenvalue weighted by molar-refractivity contribution is 5.96. The Hall–Kier alpha value is -2.04. The van der Waals surface area contributed by atoms with Gasteiger partial charge >= 0.3 is 0 Å². The van der Waals surface area contributed by atoms with Gasteiger partial charge < -0.3 is 10.1 Å². The Morgan fingerprint density at radius 3 is 2.90 bits per heavy atom. The van der Waals surface area contributed by atoms with Crippen LogP contribution in [0.1, 0.15) is 32.6 Å². The average molecular weight is 287 g/mol. The number of nitrogens with zero attached hydrogens (tertiary/aromatic N) is 2. The van der Waals surface area contributed by atoms with Crippen molar-refractivity contribution < 1.29 is 9.53 Å². The lowest BCUT2D eigenvalue weighted by Crippen LogP contribution is -2.20. The van der Waals surface area contributed by atoms with Crippen LogP contribution in [0.4, 0.5) is 5.69 Å². The van der Waals surface area contributed by atoms with Crippen LogP contribution in [0.25, 0.3) is 10.9 Å². The van der Waals surface area contributed by atoms with Crippen LogP contribution in [0.5, 0.6) is 5.88 Å². The lowest BCUT2D eigenvalue weighted by atomic mass is 10.1. The summed E-state index contributed by atoms with van der Waals surface area (Å²) in [7, 11) is 1.89. The van der Waals surface area contributed by atoms with Crippen molar-refractivity contribution in [3.05, 3.63) is 18.2 Å². The number of rotatable bonds is 4. The van der Waals surface area contributed by atoms with Gasteiger partial charge in [-0.25, -0.2) is 0 Å². The Kier molecular flexibility index (Phi) is 3.82. The predicted octanol–water partition coefficient (Wildman–Crippen LogP) is 3.10. The van der Waals surface area contributed by atoms with E-state index in [0.717, 1.165) is 42.3 Å². The largest absolute Gasteiger partial charge is 0.476 e. The van der Waals surface area contributed by atoms with Gasteiger partial charge in [-0.15, -0.1) is 5.10 Å². The van der Waals surface area contributed by atoms with Crippen LogP contribution in [0.3, 0.4) is 0 Å². The molecule has 1 heterocycles.